The van der Waals surface area contributed by atoms with Crippen LogP contribution in [0.15, 0.2) is 40.9 Å². The van der Waals surface area contributed by atoms with Gasteiger partial charge in [0.25, 0.3) is 5.91 Å². The monoisotopic (exact) mass is 384 g/mol. The summed E-state index contributed by atoms with van der Waals surface area (Å²) >= 11 is 0. The van der Waals surface area contributed by atoms with Crippen molar-refractivity contribution in [3.63, 3.8) is 0 Å². The number of hydrogen-bond acceptors (Lipinski definition) is 6. The van der Waals surface area contributed by atoms with Crippen molar-refractivity contribution in [1.29, 1.82) is 0 Å². The number of ether oxygens (including phenoxy) is 1. The van der Waals surface area contributed by atoms with Crippen molar-refractivity contribution in [3.05, 3.63) is 42.1 Å². The Morgan fingerprint density at radius 3 is 2.93 bits per heavy atom. The van der Waals surface area contributed by atoms with E-state index in [-0.39, 0.29) is 12.5 Å². The van der Waals surface area contributed by atoms with E-state index < -0.39 is 6.10 Å². The number of benzene rings is 1. The summed E-state index contributed by atoms with van der Waals surface area (Å²) in [4.78, 5) is 16.6. The van der Waals surface area contributed by atoms with Gasteiger partial charge in [0.05, 0.1) is 31.1 Å². The molecule has 1 saturated heterocycles. The molecule has 2 aromatic heterocycles. The third-order valence-electron chi connectivity index (χ3n) is 4.95. The predicted molar refractivity (Wildman–Crippen MR) is 104 cm³/mol. The van der Waals surface area contributed by atoms with Crippen molar-refractivity contribution in [1.82, 2.24) is 20.0 Å². The van der Waals surface area contributed by atoms with Gasteiger partial charge in [-0.2, -0.15) is 5.10 Å². The highest BCUT2D eigenvalue weighted by atomic mass is 16.5. The number of nitrogens with zero attached hydrogens (tertiary/aromatic N) is 3. The lowest BCUT2D eigenvalue weighted by Crippen LogP contribution is -2.45. The molecule has 0 radical (unpaired) electrons. The van der Waals surface area contributed by atoms with Crippen LogP contribution in [-0.2, 0) is 4.74 Å². The van der Waals surface area contributed by atoms with Gasteiger partial charge in [-0.15, -0.1) is 0 Å². The minimum Gasteiger partial charge on any atom is -0.454 e. The molecule has 1 atom stereocenters. The Morgan fingerprint density at radius 1 is 1.36 bits per heavy atom. The van der Waals surface area contributed by atoms with Gasteiger partial charge in [0, 0.05) is 38.6 Å². The fourth-order valence-corrected chi connectivity index (χ4v) is 3.49. The first-order valence-corrected chi connectivity index (χ1v) is 9.38. The predicted octanol–water partition coefficient (Wildman–Crippen LogP) is 1.59. The van der Waals surface area contributed by atoms with Crippen molar-refractivity contribution < 1.29 is 19.1 Å². The molecule has 0 bridgehead atoms. The molecular weight excluding hydrogens is 360 g/mol. The van der Waals surface area contributed by atoms with Crippen LogP contribution in [0.2, 0.25) is 0 Å². The molecule has 1 unspecified atom stereocenters. The summed E-state index contributed by atoms with van der Waals surface area (Å²) in [7, 11) is 1.68. The molecule has 1 aliphatic rings. The topological polar surface area (TPSA) is 94.8 Å². The number of aliphatic hydroxyl groups is 1. The third-order valence-corrected chi connectivity index (χ3v) is 4.95. The van der Waals surface area contributed by atoms with Gasteiger partial charge in [-0.25, -0.2) is 0 Å². The van der Waals surface area contributed by atoms with E-state index in [1.165, 1.54) is 11.1 Å². The van der Waals surface area contributed by atoms with E-state index in [1.54, 1.807) is 7.05 Å². The number of para-hydroxylation sites is 1. The lowest BCUT2D eigenvalue weighted by molar-refractivity contribution is 0.00879. The maximum absolute atomic E-state index is 12.9. The number of rotatable bonds is 6. The molecule has 1 aliphatic heterocycles. The van der Waals surface area contributed by atoms with Crippen molar-refractivity contribution in [2.24, 2.45) is 0 Å². The normalized spacial score (nSPS) is 16.4. The van der Waals surface area contributed by atoms with Crippen LogP contribution in [0.1, 0.15) is 10.4 Å². The average molecular weight is 384 g/mol. The number of hydrogen-bond donors (Lipinski definition) is 2. The molecular formula is C20H24N4O4. The van der Waals surface area contributed by atoms with Crippen LogP contribution >= 0.6 is 0 Å². The summed E-state index contributed by atoms with van der Waals surface area (Å²) in [5.41, 5.74) is 1.70. The molecule has 1 aromatic carbocycles. The van der Waals surface area contributed by atoms with E-state index >= 15 is 0 Å². The first-order valence-electron chi connectivity index (χ1n) is 9.38. The van der Waals surface area contributed by atoms with E-state index in [1.807, 2.05) is 30.3 Å². The minimum absolute atomic E-state index is 0.217. The molecule has 4 rings (SSSR count). The first-order chi connectivity index (χ1) is 13.6. The second kappa shape index (κ2) is 8.14. The van der Waals surface area contributed by atoms with E-state index in [9.17, 15) is 9.90 Å². The van der Waals surface area contributed by atoms with Gasteiger partial charge in [-0.05, 0) is 12.1 Å². The highest BCUT2D eigenvalue weighted by molar-refractivity contribution is 5.99. The smallest absolute Gasteiger partial charge is 0.257 e. The number of H-pyrrole nitrogens is 1. The van der Waals surface area contributed by atoms with Crippen LogP contribution in [0.4, 0.5) is 0 Å². The molecule has 3 heterocycles. The number of aliphatic hydroxyl groups excluding tert-OH is 1. The zero-order valence-electron chi connectivity index (χ0n) is 15.8. The van der Waals surface area contributed by atoms with Gasteiger partial charge < -0.3 is 19.2 Å². The number of aromatic amines is 1. The largest absolute Gasteiger partial charge is 0.454 e. The van der Waals surface area contributed by atoms with Crippen LogP contribution in [0.25, 0.3) is 22.4 Å². The number of furan rings is 1. The highest BCUT2D eigenvalue weighted by Crippen LogP contribution is 2.29. The molecule has 0 aliphatic carbocycles. The quantitative estimate of drug-likeness (QED) is 0.670. The summed E-state index contributed by atoms with van der Waals surface area (Å²) in [6, 6.07) is 9.55. The van der Waals surface area contributed by atoms with Gasteiger partial charge in [-0.1, -0.05) is 18.2 Å². The molecule has 0 spiro atoms. The number of aromatic nitrogens is 2. The maximum Gasteiger partial charge on any atom is 0.257 e. The Balaban J connectivity index is 1.45. The zero-order chi connectivity index (χ0) is 19.5. The summed E-state index contributed by atoms with van der Waals surface area (Å²) < 4.78 is 11.2. The Kier molecular flexibility index (Phi) is 5.43. The fraction of sp³-hybridized carbons (Fsp3) is 0.400. The lowest BCUT2D eigenvalue weighted by Gasteiger charge is -2.30. The van der Waals surface area contributed by atoms with Crippen molar-refractivity contribution in [3.8, 4) is 11.5 Å². The van der Waals surface area contributed by atoms with Crippen LogP contribution < -0.4 is 0 Å². The molecule has 1 amide bonds. The SMILES string of the molecule is CN(CC(O)CN1CCOCC1)C(=O)c1cn[nH]c1-c1cc2ccccc2o1. The molecule has 148 valence electrons. The first kappa shape index (κ1) is 18.7. The zero-order valence-corrected chi connectivity index (χ0v) is 15.8. The Labute approximate surface area is 162 Å². The van der Waals surface area contributed by atoms with Gasteiger partial charge in [0.15, 0.2) is 5.76 Å². The Hall–Kier alpha value is -2.68. The molecule has 3 aromatic rings. The minimum atomic E-state index is -0.631. The van der Waals surface area contributed by atoms with Crippen molar-refractivity contribution in [2.45, 2.75) is 6.10 Å². The van der Waals surface area contributed by atoms with Gasteiger partial charge in [0.1, 0.15) is 11.3 Å². The van der Waals surface area contributed by atoms with Gasteiger partial charge in [-0.3, -0.25) is 14.8 Å². The van der Waals surface area contributed by atoms with E-state index in [0.717, 1.165) is 24.1 Å². The Bertz CT molecular complexity index is 911. The van der Waals surface area contributed by atoms with Crippen LogP contribution in [-0.4, -0.2) is 83.6 Å². The molecule has 0 saturated carbocycles. The number of fused-ring (bicyclic) bond motifs is 1. The summed E-state index contributed by atoms with van der Waals surface area (Å²) in [6.45, 7) is 3.71. The number of carbonyl (C=O) groups is 1. The molecule has 8 nitrogen and oxygen atoms in total. The van der Waals surface area contributed by atoms with Crippen molar-refractivity contribution >= 4 is 16.9 Å². The third kappa shape index (κ3) is 3.94. The molecule has 8 heteroatoms. The number of nitrogens with one attached hydrogen (secondary N) is 1. The summed E-state index contributed by atoms with van der Waals surface area (Å²) in [5.74, 6) is 0.342. The highest BCUT2D eigenvalue weighted by Gasteiger charge is 2.23. The number of β-amino-alcohol motifs (C(OH)–C–C–N with tert-alkyl or cyclic N) is 1. The number of carbonyl (C=O) groups excluding carboxylic acids is 1. The molecule has 2 N–H and O–H groups in total. The summed E-state index contributed by atoms with van der Waals surface area (Å²) in [5, 5.41) is 18.2. The van der Waals surface area contributed by atoms with Crippen LogP contribution in [0.3, 0.4) is 0 Å². The fourth-order valence-electron chi connectivity index (χ4n) is 3.49. The van der Waals surface area contributed by atoms with E-state index in [4.69, 9.17) is 9.15 Å². The molecule has 28 heavy (non-hydrogen) atoms. The standard InChI is InChI=1S/C20H24N4O4/c1-23(12-15(25)13-24-6-8-27-9-7-24)20(26)16-11-21-22-19(16)18-10-14-4-2-3-5-17(14)28-18/h2-5,10-11,15,25H,6-9,12-13H2,1H3,(H,21,22). The number of morpholine rings is 1. The summed E-state index contributed by atoms with van der Waals surface area (Å²) in [6.07, 6.45) is 0.865. The molecule has 1 fully saturated rings. The number of amides is 1. The van der Waals surface area contributed by atoms with Crippen molar-refractivity contribution in [2.75, 3.05) is 46.4 Å². The van der Waals surface area contributed by atoms with Crippen LogP contribution in [0, 0.1) is 0 Å². The number of likely N-dealkylation sites (N-methyl/N-ethyl adjacent to an activating group) is 1. The van der Waals surface area contributed by atoms with Gasteiger partial charge >= 0.3 is 0 Å². The lowest BCUT2D eigenvalue weighted by atomic mass is 10.1. The van der Waals surface area contributed by atoms with Gasteiger partial charge in [0.2, 0.25) is 0 Å². The van der Waals surface area contributed by atoms with E-state index in [0.29, 0.717) is 36.8 Å². The second-order valence-electron chi connectivity index (χ2n) is 7.06. The second-order valence-corrected chi connectivity index (χ2v) is 7.06. The van der Waals surface area contributed by atoms with Crippen LogP contribution in [0.5, 0.6) is 0 Å². The van der Waals surface area contributed by atoms with E-state index in [2.05, 4.69) is 15.1 Å². The maximum atomic E-state index is 12.9. The average Bonchev–Trinajstić information content (AvgIpc) is 3.34. The Morgan fingerprint density at radius 2 is 2.14 bits per heavy atom.